The van der Waals surface area contributed by atoms with Crippen molar-refractivity contribution >= 4 is 28.5 Å². The van der Waals surface area contributed by atoms with Crippen LogP contribution in [0, 0.1) is 10.1 Å². The van der Waals surface area contributed by atoms with Crippen LogP contribution in [0.1, 0.15) is 25.5 Å². The summed E-state index contributed by atoms with van der Waals surface area (Å²) < 4.78 is 5.22. The lowest BCUT2D eigenvalue weighted by atomic mass is 9.95. The summed E-state index contributed by atoms with van der Waals surface area (Å²) in [5.41, 5.74) is 7.73. The van der Waals surface area contributed by atoms with Crippen LogP contribution < -0.4 is 5.73 Å². The van der Waals surface area contributed by atoms with Gasteiger partial charge in [-0.3, -0.25) is 20.0 Å². The van der Waals surface area contributed by atoms with E-state index in [1.165, 1.54) is 12.1 Å². The molecule has 0 aliphatic heterocycles. The highest BCUT2D eigenvalue weighted by molar-refractivity contribution is 6.01. The standard InChI is InChI=1S/C18H17N5O4/c1-2-27-17(24)18(7-8-18)13-9-12(14-15(19)21-22-16(14)20-13)10-3-5-11(6-4-10)23(25)26/h3-6,9H,2,7-8H2,1H3,(H3,19,20,21,22). The summed E-state index contributed by atoms with van der Waals surface area (Å²) in [7, 11) is 0. The van der Waals surface area contributed by atoms with Gasteiger partial charge < -0.3 is 10.5 Å². The summed E-state index contributed by atoms with van der Waals surface area (Å²) in [6.45, 7) is 2.07. The van der Waals surface area contributed by atoms with Gasteiger partial charge in [0.2, 0.25) is 0 Å². The molecule has 1 aromatic carbocycles. The van der Waals surface area contributed by atoms with Crippen molar-refractivity contribution in [2.75, 3.05) is 12.3 Å². The number of pyridine rings is 1. The Morgan fingerprint density at radius 2 is 2.07 bits per heavy atom. The minimum Gasteiger partial charge on any atom is -0.465 e. The number of nitrogens with two attached hydrogens (primary N) is 1. The number of aromatic amines is 1. The van der Waals surface area contributed by atoms with Crippen LogP contribution in [-0.4, -0.2) is 32.7 Å². The average molecular weight is 367 g/mol. The molecule has 0 bridgehead atoms. The highest BCUT2D eigenvalue weighted by atomic mass is 16.6. The molecular weight excluding hydrogens is 350 g/mol. The fraction of sp³-hybridized carbons (Fsp3) is 0.278. The van der Waals surface area contributed by atoms with Crippen molar-refractivity contribution in [1.29, 1.82) is 0 Å². The number of anilines is 1. The molecular formula is C18H17N5O4. The number of nitro benzene ring substituents is 1. The summed E-state index contributed by atoms with van der Waals surface area (Å²) in [4.78, 5) is 27.5. The molecule has 0 radical (unpaired) electrons. The van der Waals surface area contributed by atoms with Crippen molar-refractivity contribution in [1.82, 2.24) is 15.2 Å². The SMILES string of the molecule is CCOC(=O)C1(c2cc(-c3ccc([N+](=O)[O-])cc3)c3c(N)n[nH]c3n2)CC1. The molecule has 1 aliphatic carbocycles. The number of benzene rings is 1. The average Bonchev–Trinajstić information content (AvgIpc) is 3.40. The minimum absolute atomic E-state index is 0.00498. The van der Waals surface area contributed by atoms with E-state index in [0.29, 0.717) is 41.7 Å². The van der Waals surface area contributed by atoms with Crippen LogP contribution in [0.4, 0.5) is 11.5 Å². The Morgan fingerprint density at radius 1 is 1.37 bits per heavy atom. The van der Waals surface area contributed by atoms with Crippen molar-refractivity contribution in [3.8, 4) is 11.1 Å². The molecule has 9 heteroatoms. The first-order valence-corrected chi connectivity index (χ1v) is 8.53. The third-order valence-electron chi connectivity index (χ3n) is 4.85. The molecule has 1 saturated carbocycles. The van der Waals surface area contributed by atoms with Crippen molar-refractivity contribution in [2.24, 2.45) is 0 Å². The van der Waals surface area contributed by atoms with Gasteiger partial charge in [0, 0.05) is 12.1 Å². The third kappa shape index (κ3) is 2.67. The van der Waals surface area contributed by atoms with Crippen LogP contribution in [0.25, 0.3) is 22.2 Å². The normalized spacial score (nSPS) is 14.9. The molecule has 2 aromatic heterocycles. The van der Waals surface area contributed by atoms with Crippen LogP contribution >= 0.6 is 0 Å². The number of hydrogen-bond donors (Lipinski definition) is 2. The molecule has 0 atom stereocenters. The van der Waals surface area contributed by atoms with Crippen LogP contribution in [0.5, 0.6) is 0 Å². The maximum absolute atomic E-state index is 12.4. The number of esters is 1. The topological polar surface area (TPSA) is 137 Å². The monoisotopic (exact) mass is 367 g/mol. The Bertz CT molecular complexity index is 1050. The fourth-order valence-corrected chi connectivity index (χ4v) is 3.25. The molecule has 27 heavy (non-hydrogen) atoms. The number of carbonyl (C=O) groups is 1. The van der Waals surface area contributed by atoms with E-state index in [-0.39, 0.29) is 17.5 Å². The zero-order valence-electron chi connectivity index (χ0n) is 14.6. The molecule has 0 spiro atoms. The number of nitrogens with zero attached hydrogens (tertiary/aromatic N) is 3. The molecule has 138 valence electrons. The zero-order valence-corrected chi connectivity index (χ0v) is 14.6. The Labute approximate surface area is 153 Å². The number of nitrogen functional groups attached to an aromatic ring is 1. The lowest BCUT2D eigenvalue weighted by Crippen LogP contribution is -2.24. The number of aromatic nitrogens is 3. The number of nitrogens with one attached hydrogen (secondary N) is 1. The predicted molar refractivity (Wildman–Crippen MR) is 97.9 cm³/mol. The van der Waals surface area contributed by atoms with E-state index < -0.39 is 10.3 Å². The lowest BCUT2D eigenvalue weighted by molar-refractivity contribution is -0.384. The Morgan fingerprint density at radius 3 is 2.67 bits per heavy atom. The van der Waals surface area contributed by atoms with E-state index >= 15 is 0 Å². The van der Waals surface area contributed by atoms with Crippen molar-refractivity contribution in [2.45, 2.75) is 25.2 Å². The second kappa shape index (κ2) is 6.04. The molecule has 9 nitrogen and oxygen atoms in total. The van der Waals surface area contributed by atoms with Gasteiger partial charge in [-0.05, 0) is 49.1 Å². The number of hydrogen-bond acceptors (Lipinski definition) is 7. The van der Waals surface area contributed by atoms with Crippen LogP contribution in [0.2, 0.25) is 0 Å². The fourth-order valence-electron chi connectivity index (χ4n) is 3.25. The van der Waals surface area contributed by atoms with E-state index in [1.807, 2.05) is 0 Å². The van der Waals surface area contributed by atoms with E-state index in [4.69, 9.17) is 10.5 Å². The van der Waals surface area contributed by atoms with Gasteiger partial charge in [0.1, 0.15) is 5.41 Å². The van der Waals surface area contributed by atoms with E-state index in [2.05, 4.69) is 15.2 Å². The summed E-state index contributed by atoms with van der Waals surface area (Å²) in [5, 5.41) is 18.3. The smallest absolute Gasteiger partial charge is 0.318 e. The number of H-pyrrole nitrogens is 1. The van der Waals surface area contributed by atoms with Gasteiger partial charge in [-0.15, -0.1) is 0 Å². The second-order valence-electron chi connectivity index (χ2n) is 6.49. The molecule has 0 unspecified atom stereocenters. The summed E-state index contributed by atoms with van der Waals surface area (Å²) in [5.74, 6) is -0.0163. The number of ether oxygens (including phenoxy) is 1. The maximum Gasteiger partial charge on any atom is 0.318 e. The minimum atomic E-state index is -0.750. The Hall–Kier alpha value is -3.49. The molecule has 0 amide bonds. The summed E-state index contributed by atoms with van der Waals surface area (Å²) in [6.07, 6.45) is 1.32. The van der Waals surface area contributed by atoms with E-state index in [0.717, 1.165) is 5.56 Å². The van der Waals surface area contributed by atoms with Gasteiger partial charge in [-0.25, -0.2) is 4.98 Å². The molecule has 1 aliphatic rings. The van der Waals surface area contributed by atoms with Gasteiger partial charge in [-0.2, -0.15) is 5.10 Å². The number of nitro groups is 1. The highest BCUT2D eigenvalue weighted by Crippen LogP contribution is 2.50. The van der Waals surface area contributed by atoms with Crippen molar-refractivity contribution in [3.63, 3.8) is 0 Å². The molecule has 3 N–H and O–H groups in total. The van der Waals surface area contributed by atoms with Gasteiger partial charge in [-0.1, -0.05) is 0 Å². The van der Waals surface area contributed by atoms with E-state index in [9.17, 15) is 14.9 Å². The van der Waals surface area contributed by atoms with Crippen molar-refractivity contribution in [3.05, 3.63) is 46.1 Å². The zero-order chi connectivity index (χ0) is 19.2. The molecule has 1 fully saturated rings. The third-order valence-corrected chi connectivity index (χ3v) is 4.85. The van der Waals surface area contributed by atoms with E-state index in [1.54, 1.807) is 25.1 Å². The number of rotatable bonds is 5. The lowest BCUT2D eigenvalue weighted by Gasteiger charge is -2.15. The first-order valence-electron chi connectivity index (χ1n) is 8.53. The Kier molecular flexibility index (Phi) is 3.79. The quantitative estimate of drug-likeness (QED) is 0.402. The summed E-state index contributed by atoms with van der Waals surface area (Å²) in [6, 6.07) is 7.95. The highest BCUT2D eigenvalue weighted by Gasteiger charge is 2.54. The van der Waals surface area contributed by atoms with Crippen LogP contribution in [-0.2, 0) is 14.9 Å². The van der Waals surface area contributed by atoms with Gasteiger partial charge in [0.25, 0.3) is 5.69 Å². The second-order valence-corrected chi connectivity index (χ2v) is 6.49. The largest absolute Gasteiger partial charge is 0.465 e. The maximum atomic E-state index is 12.4. The first-order chi connectivity index (χ1) is 13.0. The number of non-ortho nitro benzene ring substituents is 1. The van der Waals surface area contributed by atoms with Crippen LogP contribution in [0.15, 0.2) is 30.3 Å². The summed E-state index contributed by atoms with van der Waals surface area (Å²) >= 11 is 0. The van der Waals surface area contributed by atoms with Gasteiger partial charge >= 0.3 is 5.97 Å². The van der Waals surface area contributed by atoms with Gasteiger partial charge in [0.05, 0.1) is 22.6 Å². The molecule has 4 rings (SSSR count). The first kappa shape index (κ1) is 17.0. The number of carbonyl (C=O) groups excluding carboxylic acids is 1. The van der Waals surface area contributed by atoms with Gasteiger partial charge in [0.15, 0.2) is 11.5 Å². The van der Waals surface area contributed by atoms with Crippen molar-refractivity contribution < 1.29 is 14.5 Å². The molecule has 3 aromatic rings. The predicted octanol–water partition coefficient (Wildman–Crippen LogP) is 2.71. The molecule has 2 heterocycles. The number of fused-ring (bicyclic) bond motifs is 1. The molecule has 0 saturated heterocycles. The Balaban J connectivity index is 1.88. The van der Waals surface area contributed by atoms with Crippen LogP contribution in [0.3, 0.4) is 0 Å².